The van der Waals surface area contributed by atoms with Crippen molar-refractivity contribution in [2.45, 2.75) is 12.8 Å². The molecule has 0 radical (unpaired) electrons. The molecule has 1 amide bonds. The first-order valence-corrected chi connectivity index (χ1v) is 10.4. The predicted octanol–water partition coefficient (Wildman–Crippen LogP) is 3.94. The lowest BCUT2D eigenvalue weighted by atomic mass is 10.1. The second kappa shape index (κ2) is 8.89. The second-order valence-corrected chi connectivity index (χ2v) is 7.81. The number of rotatable bonds is 5. The minimum absolute atomic E-state index is 0.0518. The smallest absolute Gasteiger partial charge is 0.293 e. The van der Waals surface area contributed by atoms with E-state index in [9.17, 15) is 14.9 Å². The summed E-state index contributed by atoms with van der Waals surface area (Å²) in [5.74, 6) is -0.414. The molecule has 8 nitrogen and oxygen atoms in total. The Morgan fingerprint density at radius 2 is 1.67 bits per heavy atom. The third-order valence-corrected chi connectivity index (χ3v) is 5.67. The van der Waals surface area contributed by atoms with Gasteiger partial charge in [0.05, 0.1) is 29.5 Å². The number of hydrogen-bond donors (Lipinski definition) is 1. The van der Waals surface area contributed by atoms with Gasteiger partial charge in [-0.3, -0.25) is 14.9 Å². The Morgan fingerprint density at radius 3 is 2.37 bits per heavy atom. The highest BCUT2D eigenvalue weighted by Crippen LogP contribution is 2.33. The Hall–Kier alpha value is -2.84. The van der Waals surface area contributed by atoms with Crippen molar-refractivity contribution in [1.29, 1.82) is 0 Å². The average molecular weight is 431 g/mol. The molecule has 1 N–H and O–H groups in total. The molecule has 2 fully saturated rings. The molecule has 158 valence electrons. The normalized spacial score (nSPS) is 16.6. The van der Waals surface area contributed by atoms with Crippen LogP contribution in [0, 0.1) is 10.1 Å². The molecule has 4 rings (SSSR count). The van der Waals surface area contributed by atoms with E-state index in [2.05, 4.69) is 10.2 Å². The molecule has 2 aromatic rings. The van der Waals surface area contributed by atoms with Crippen LogP contribution in [0.4, 0.5) is 22.7 Å². The van der Waals surface area contributed by atoms with Gasteiger partial charge in [-0.05, 0) is 43.2 Å². The van der Waals surface area contributed by atoms with Gasteiger partial charge in [0.15, 0.2) is 0 Å². The first kappa shape index (κ1) is 20.4. The largest absolute Gasteiger partial charge is 0.378 e. The Bertz CT molecular complexity index is 956. The Balaban J connectivity index is 1.60. The number of halogens is 1. The molecule has 2 heterocycles. The number of benzene rings is 2. The van der Waals surface area contributed by atoms with Gasteiger partial charge in [0, 0.05) is 42.8 Å². The van der Waals surface area contributed by atoms with E-state index >= 15 is 0 Å². The first-order chi connectivity index (χ1) is 14.5. The van der Waals surface area contributed by atoms with E-state index in [0.29, 0.717) is 42.7 Å². The van der Waals surface area contributed by atoms with E-state index in [0.717, 1.165) is 31.6 Å². The van der Waals surface area contributed by atoms with Crippen LogP contribution in [0.25, 0.3) is 0 Å². The van der Waals surface area contributed by atoms with Crippen molar-refractivity contribution in [1.82, 2.24) is 0 Å². The van der Waals surface area contributed by atoms with Crippen LogP contribution < -0.4 is 15.1 Å². The van der Waals surface area contributed by atoms with Gasteiger partial charge in [-0.2, -0.15) is 0 Å². The number of amides is 1. The number of ether oxygens (including phenoxy) is 1. The maximum absolute atomic E-state index is 12.9. The molecule has 2 aromatic carbocycles. The van der Waals surface area contributed by atoms with Crippen LogP contribution in [-0.2, 0) is 4.74 Å². The lowest BCUT2D eigenvalue weighted by Crippen LogP contribution is -2.36. The van der Waals surface area contributed by atoms with Crippen LogP contribution in [0.1, 0.15) is 23.2 Å². The molecule has 0 unspecified atom stereocenters. The number of morpholine rings is 1. The third-order valence-electron chi connectivity index (χ3n) is 5.44. The monoisotopic (exact) mass is 430 g/mol. The quantitative estimate of drug-likeness (QED) is 0.571. The molecule has 0 bridgehead atoms. The number of nitro benzene ring substituents is 1. The first-order valence-electron chi connectivity index (χ1n) is 10.00. The summed E-state index contributed by atoms with van der Waals surface area (Å²) in [7, 11) is 0. The van der Waals surface area contributed by atoms with E-state index in [4.69, 9.17) is 16.3 Å². The Labute approximate surface area is 179 Å². The number of carbonyl (C=O) groups excluding carboxylic acids is 1. The Kier molecular flexibility index (Phi) is 6.06. The lowest BCUT2D eigenvalue weighted by molar-refractivity contribution is -0.384. The predicted molar refractivity (Wildman–Crippen MR) is 117 cm³/mol. The molecule has 2 saturated heterocycles. The minimum atomic E-state index is -0.428. The van der Waals surface area contributed by atoms with Gasteiger partial charge in [0.25, 0.3) is 11.6 Å². The van der Waals surface area contributed by atoms with Crippen molar-refractivity contribution in [2.75, 3.05) is 54.5 Å². The van der Waals surface area contributed by atoms with Crippen molar-refractivity contribution < 1.29 is 14.5 Å². The summed E-state index contributed by atoms with van der Waals surface area (Å²) in [5.41, 5.74) is 2.16. The van der Waals surface area contributed by atoms with Gasteiger partial charge in [0.2, 0.25) is 0 Å². The van der Waals surface area contributed by atoms with Crippen LogP contribution in [0.5, 0.6) is 0 Å². The summed E-state index contributed by atoms with van der Waals surface area (Å²) in [6, 6.07) is 9.98. The molecule has 2 aliphatic heterocycles. The zero-order chi connectivity index (χ0) is 21.1. The average Bonchev–Trinajstić information content (AvgIpc) is 3.29. The highest BCUT2D eigenvalue weighted by Gasteiger charge is 2.24. The molecule has 0 aromatic heterocycles. The lowest BCUT2D eigenvalue weighted by Gasteiger charge is -2.30. The molecule has 0 atom stereocenters. The molecular weight excluding hydrogens is 408 g/mol. The van der Waals surface area contributed by atoms with Crippen LogP contribution in [0.2, 0.25) is 5.02 Å². The van der Waals surface area contributed by atoms with Gasteiger partial charge in [0.1, 0.15) is 5.69 Å². The van der Waals surface area contributed by atoms with Crippen LogP contribution in [0.15, 0.2) is 36.4 Å². The Morgan fingerprint density at radius 1 is 1.00 bits per heavy atom. The standard InChI is InChI=1S/C21H23ClN4O4/c22-16-4-6-18(25-9-11-30-12-10-25)17(14-16)23-21(27)15-3-5-19(20(13-15)26(28)29)24-7-1-2-8-24/h3-6,13-14H,1-2,7-12H2,(H,23,27). The van der Waals surface area contributed by atoms with E-state index < -0.39 is 10.8 Å². The number of nitrogens with zero attached hydrogens (tertiary/aromatic N) is 3. The summed E-state index contributed by atoms with van der Waals surface area (Å²) in [5, 5.41) is 15.0. The van der Waals surface area contributed by atoms with Crippen molar-refractivity contribution >= 4 is 40.3 Å². The van der Waals surface area contributed by atoms with Crippen molar-refractivity contribution in [3.63, 3.8) is 0 Å². The van der Waals surface area contributed by atoms with Gasteiger partial charge < -0.3 is 19.9 Å². The number of nitro groups is 1. The zero-order valence-corrected chi connectivity index (χ0v) is 17.2. The molecule has 0 aliphatic carbocycles. The minimum Gasteiger partial charge on any atom is -0.378 e. The van der Waals surface area contributed by atoms with E-state index in [1.165, 1.54) is 6.07 Å². The molecule has 0 saturated carbocycles. The summed E-state index contributed by atoms with van der Waals surface area (Å²) in [6.45, 7) is 4.22. The summed E-state index contributed by atoms with van der Waals surface area (Å²) < 4.78 is 5.40. The number of anilines is 3. The van der Waals surface area contributed by atoms with Crippen molar-refractivity contribution in [3.05, 3.63) is 57.1 Å². The fourth-order valence-electron chi connectivity index (χ4n) is 3.92. The van der Waals surface area contributed by atoms with Crippen LogP contribution >= 0.6 is 11.6 Å². The maximum Gasteiger partial charge on any atom is 0.293 e. The van der Waals surface area contributed by atoms with E-state index in [-0.39, 0.29) is 11.3 Å². The number of hydrogen-bond acceptors (Lipinski definition) is 6. The fourth-order valence-corrected chi connectivity index (χ4v) is 4.09. The molecule has 9 heteroatoms. The maximum atomic E-state index is 12.9. The third kappa shape index (κ3) is 4.34. The topological polar surface area (TPSA) is 88.0 Å². The highest BCUT2D eigenvalue weighted by molar-refractivity contribution is 6.31. The SMILES string of the molecule is O=C(Nc1cc(Cl)ccc1N1CCOCC1)c1ccc(N2CCCC2)c([N+](=O)[O-])c1. The number of carbonyl (C=O) groups is 1. The summed E-state index contributed by atoms with van der Waals surface area (Å²) in [6.07, 6.45) is 2.02. The van der Waals surface area contributed by atoms with Crippen LogP contribution in [0.3, 0.4) is 0 Å². The van der Waals surface area contributed by atoms with Crippen LogP contribution in [-0.4, -0.2) is 50.2 Å². The van der Waals surface area contributed by atoms with E-state index in [1.54, 1.807) is 24.3 Å². The van der Waals surface area contributed by atoms with Crippen molar-refractivity contribution in [2.24, 2.45) is 0 Å². The molecule has 30 heavy (non-hydrogen) atoms. The van der Waals surface area contributed by atoms with Crippen molar-refractivity contribution in [3.8, 4) is 0 Å². The number of nitrogens with one attached hydrogen (secondary N) is 1. The van der Waals surface area contributed by atoms with E-state index in [1.807, 2.05) is 11.0 Å². The molecule has 0 spiro atoms. The van der Waals surface area contributed by atoms with Gasteiger partial charge >= 0.3 is 0 Å². The second-order valence-electron chi connectivity index (χ2n) is 7.37. The fraction of sp³-hybridized carbons (Fsp3) is 0.381. The molecular formula is C21H23ClN4O4. The summed E-state index contributed by atoms with van der Waals surface area (Å²) in [4.78, 5) is 28.2. The van der Waals surface area contributed by atoms with Gasteiger partial charge in [-0.25, -0.2) is 0 Å². The van der Waals surface area contributed by atoms with Gasteiger partial charge in [-0.15, -0.1) is 0 Å². The zero-order valence-electron chi connectivity index (χ0n) is 16.5. The highest BCUT2D eigenvalue weighted by atomic mass is 35.5. The molecule has 2 aliphatic rings. The van der Waals surface area contributed by atoms with Gasteiger partial charge in [-0.1, -0.05) is 11.6 Å². The summed E-state index contributed by atoms with van der Waals surface area (Å²) >= 11 is 6.16.